The van der Waals surface area contributed by atoms with E-state index in [1.165, 1.54) is 28.3 Å². The van der Waals surface area contributed by atoms with Gasteiger partial charge in [-0.3, -0.25) is 4.57 Å². The molecule has 0 aliphatic carbocycles. The number of likely N-dealkylation sites (N-methyl/N-ethyl adjacent to an activating group) is 1. The predicted molar refractivity (Wildman–Crippen MR) is 137 cm³/mol. The minimum absolute atomic E-state index is 0.0245. The van der Waals surface area contributed by atoms with Crippen molar-refractivity contribution in [2.45, 2.75) is 51.9 Å². The van der Waals surface area contributed by atoms with Crippen LogP contribution in [0.4, 0.5) is 10.6 Å². The molecule has 3 rings (SSSR count). The highest BCUT2D eigenvalue weighted by molar-refractivity contribution is 7.99. The Morgan fingerprint density at radius 2 is 1.86 bits per heavy atom. The quantitative estimate of drug-likeness (QED) is 0.270. The Hall–Kier alpha value is -3.34. The van der Waals surface area contributed by atoms with Crippen LogP contribution < -0.4 is 11.4 Å². The molecule has 2 heterocycles. The largest absolute Gasteiger partial charge is 0.464 e. The number of ether oxygens (including phenoxy) is 1. The van der Waals surface area contributed by atoms with E-state index in [0.29, 0.717) is 5.16 Å². The van der Waals surface area contributed by atoms with Crippen LogP contribution in [0.25, 0.3) is 11.2 Å². The Bertz CT molecular complexity index is 1250. The second kappa shape index (κ2) is 11.4. The van der Waals surface area contributed by atoms with Gasteiger partial charge >= 0.3 is 17.7 Å². The van der Waals surface area contributed by atoms with Gasteiger partial charge in [0.1, 0.15) is 11.6 Å². The fraction of sp³-hybridized carbons (Fsp3) is 0.458. The SMILES string of the molecule is CCCSc1nc(N)c2c(n1)n(Cc1ccccc1)c(=O)n2C(=O)N(C)C(C(=O)OCC)C(C)C. The molecule has 1 amide bonds. The number of thioether (sulfide) groups is 1. The van der Waals surface area contributed by atoms with E-state index in [4.69, 9.17) is 10.5 Å². The average molecular weight is 501 g/mol. The van der Waals surface area contributed by atoms with Crippen molar-refractivity contribution >= 4 is 40.7 Å². The average Bonchev–Trinajstić information content (AvgIpc) is 3.09. The summed E-state index contributed by atoms with van der Waals surface area (Å²) >= 11 is 1.43. The van der Waals surface area contributed by atoms with Gasteiger partial charge < -0.3 is 15.4 Å². The molecule has 2 aromatic heterocycles. The van der Waals surface area contributed by atoms with Gasteiger partial charge in [0.2, 0.25) is 0 Å². The number of nitrogens with zero attached hydrogens (tertiary/aromatic N) is 5. The van der Waals surface area contributed by atoms with Crippen molar-refractivity contribution in [1.82, 2.24) is 24.0 Å². The van der Waals surface area contributed by atoms with Crippen LogP contribution in [0.1, 0.15) is 39.7 Å². The summed E-state index contributed by atoms with van der Waals surface area (Å²) in [6.07, 6.45) is 0.914. The maximum atomic E-state index is 13.7. The first-order valence-electron chi connectivity index (χ1n) is 11.6. The molecule has 35 heavy (non-hydrogen) atoms. The van der Waals surface area contributed by atoms with Crippen LogP contribution in [-0.2, 0) is 16.1 Å². The van der Waals surface area contributed by atoms with Crippen LogP contribution >= 0.6 is 11.8 Å². The van der Waals surface area contributed by atoms with Crippen molar-refractivity contribution in [2.75, 3.05) is 25.1 Å². The first kappa shape index (κ1) is 26.3. The molecule has 1 unspecified atom stereocenters. The van der Waals surface area contributed by atoms with Gasteiger partial charge in [0.15, 0.2) is 16.6 Å². The number of hydrogen-bond acceptors (Lipinski definition) is 8. The number of rotatable bonds is 9. The molecule has 1 aromatic carbocycles. The monoisotopic (exact) mass is 500 g/mol. The van der Waals surface area contributed by atoms with Crippen LogP contribution in [0, 0.1) is 5.92 Å². The zero-order chi connectivity index (χ0) is 25.7. The minimum atomic E-state index is -0.886. The van der Waals surface area contributed by atoms with Crippen molar-refractivity contribution in [3.05, 3.63) is 46.4 Å². The molecule has 10 nitrogen and oxygen atoms in total. The van der Waals surface area contributed by atoms with Crippen molar-refractivity contribution in [1.29, 1.82) is 0 Å². The minimum Gasteiger partial charge on any atom is -0.464 e. The van der Waals surface area contributed by atoms with Crippen molar-refractivity contribution in [3.63, 3.8) is 0 Å². The zero-order valence-electron chi connectivity index (χ0n) is 20.7. The summed E-state index contributed by atoms with van der Waals surface area (Å²) in [4.78, 5) is 50.1. The lowest BCUT2D eigenvalue weighted by Gasteiger charge is -2.29. The zero-order valence-corrected chi connectivity index (χ0v) is 21.5. The molecule has 0 aliphatic rings. The maximum Gasteiger partial charge on any atom is 0.339 e. The van der Waals surface area contributed by atoms with Gasteiger partial charge in [0, 0.05) is 12.8 Å². The molecule has 3 aromatic rings. The third-order valence-corrected chi connectivity index (χ3v) is 6.52. The van der Waals surface area contributed by atoms with E-state index in [1.54, 1.807) is 6.92 Å². The van der Waals surface area contributed by atoms with Crippen LogP contribution in [-0.4, -0.2) is 61.5 Å². The number of nitrogens with two attached hydrogens (primary N) is 1. The van der Waals surface area contributed by atoms with Crippen LogP contribution in [0.15, 0.2) is 40.3 Å². The molecule has 0 bridgehead atoms. The molecule has 11 heteroatoms. The number of esters is 1. The highest BCUT2D eigenvalue weighted by Gasteiger charge is 2.34. The lowest BCUT2D eigenvalue weighted by atomic mass is 10.0. The number of aromatic nitrogens is 4. The highest BCUT2D eigenvalue weighted by Crippen LogP contribution is 2.24. The predicted octanol–water partition coefficient (Wildman–Crippen LogP) is 3.21. The number of fused-ring (bicyclic) bond motifs is 1. The molecular formula is C24H32N6O4S. The molecule has 0 aliphatic heterocycles. The smallest absolute Gasteiger partial charge is 0.339 e. The summed E-state index contributed by atoms with van der Waals surface area (Å²) in [6.45, 7) is 7.73. The number of nitrogen functional groups attached to an aromatic ring is 1. The van der Waals surface area contributed by atoms with Gasteiger partial charge in [-0.05, 0) is 24.8 Å². The Morgan fingerprint density at radius 3 is 2.46 bits per heavy atom. The lowest BCUT2D eigenvalue weighted by Crippen LogP contribution is -2.50. The Labute approximate surface area is 208 Å². The second-order valence-electron chi connectivity index (χ2n) is 8.44. The summed E-state index contributed by atoms with van der Waals surface area (Å²) in [6, 6.07) is 7.81. The number of hydrogen-bond donors (Lipinski definition) is 1. The van der Waals surface area contributed by atoms with Gasteiger partial charge in [-0.1, -0.05) is 62.9 Å². The molecule has 0 fully saturated rings. The fourth-order valence-corrected chi connectivity index (χ4v) is 4.58. The number of amides is 1. The first-order chi connectivity index (χ1) is 16.7. The van der Waals surface area contributed by atoms with E-state index in [2.05, 4.69) is 9.97 Å². The second-order valence-corrected chi connectivity index (χ2v) is 9.50. The number of carbonyl (C=O) groups excluding carboxylic acids is 2. The molecule has 0 radical (unpaired) electrons. The molecule has 0 spiro atoms. The lowest BCUT2D eigenvalue weighted by molar-refractivity contribution is -0.149. The normalized spacial score (nSPS) is 12.2. The molecule has 188 valence electrons. The first-order valence-corrected chi connectivity index (χ1v) is 12.6. The molecule has 2 N–H and O–H groups in total. The maximum absolute atomic E-state index is 13.7. The van der Waals surface area contributed by atoms with E-state index >= 15 is 0 Å². The number of anilines is 1. The van der Waals surface area contributed by atoms with E-state index in [0.717, 1.165) is 22.3 Å². The van der Waals surface area contributed by atoms with Gasteiger partial charge in [-0.2, -0.15) is 0 Å². The molecule has 0 saturated heterocycles. The Balaban J connectivity index is 2.19. The van der Waals surface area contributed by atoms with Crippen LogP contribution in [0.3, 0.4) is 0 Å². The molecule has 0 saturated carbocycles. The molecule has 1 atom stereocenters. The highest BCUT2D eigenvalue weighted by atomic mass is 32.2. The summed E-state index contributed by atoms with van der Waals surface area (Å²) in [7, 11) is 1.47. The number of benzene rings is 1. The summed E-state index contributed by atoms with van der Waals surface area (Å²) in [5.74, 6) is 0.0201. The summed E-state index contributed by atoms with van der Waals surface area (Å²) in [5.41, 5.74) is 6.93. The summed E-state index contributed by atoms with van der Waals surface area (Å²) in [5, 5.41) is 0.434. The van der Waals surface area contributed by atoms with Gasteiger partial charge in [-0.15, -0.1) is 0 Å². The Kier molecular flexibility index (Phi) is 8.55. The number of imidazole rings is 1. The van der Waals surface area contributed by atoms with Crippen molar-refractivity contribution in [2.24, 2.45) is 5.92 Å². The Morgan fingerprint density at radius 1 is 1.17 bits per heavy atom. The third kappa shape index (κ3) is 5.50. The standard InChI is InChI=1S/C24H32N6O4S/c1-6-13-35-22-26-19(25)18-20(27-22)29(14-16-11-9-8-10-12-16)24(33)30(18)23(32)28(5)17(15(3)4)21(31)34-7-2/h8-12,15,17H,6-7,13-14H2,1-5H3,(H2,25,26,27). The van der Waals surface area contributed by atoms with E-state index in [-0.39, 0.29) is 36.1 Å². The van der Waals surface area contributed by atoms with Gasteiger partial charge in [0.05, 0.1) is 13.2 Å². The number of carbonyl (C=O) groups is 2. The fourth-order valence-electron chi connectivity index (χ4n) is 3.87. The van der Waals surface area contributed by atoms with Gasteiger partial charge in [0.25, 0.3) is 0 Å². The van der Waals surface area contributed by atoms with Crippen molar-refractivity contribution in [3.8, 4) is 0 Å². The van der Waals surface area contributed by atoms with Gasteiger partial charge in [-0.25, -0.2) is 28.9 Å². The van der Waals surface area contributed by atoms with Crippen LogP contribution in [0.2, 0.25) is 0 Å². The van der Waals surface area contributed by atoms with E-state index in [9.17, 15) is 14.4 Å². The van der Waals surface area contributed by atoms with E-state index < -0.39 is 23.7 Å². The molecular weight excluding hydrogens is 468 g/mol. The summed E-state index contributed by atoms with van der Waals surface area (Å²) < 4.78 is 7.54. The van der Waals surface area contributed by atoms with Crippen molar-refractivity contribution < 1.29 is 14.3 Å². The topological polar surface area (TPSA) is 125 Å². The third-order valence-electron chi connectivity index (χ3n) is 5.46. The van der Waals surface area contributed by atoms with E-state index in [1.807, 2.05) is 51.1 Å². The van der Waals surface area contributed by atoms with Crippen LogP contribution in [0.5, 0.6) is 0 Å².